The number of likely N-dealkylation sites (tertiary alicyclic amines) is 1. The van der Waals surface area contributed by atoms with Crippen LogP contribution in [0.5, 0.6) is 0 Å². The predicted molar refractivity (Wildman–Crippen MR) is 112 cm³/mol. The van der Waals surface area contributed by atoms with Crippen LogP contribution in [0.3, 0.4) is 0 Å². The van der Waals surface area contributed by atoms with E-state index in [1.165, 1.54) is 13.1 Å². The summed E-state index contributed by atoms with van der Waals surface area (Å²) in [4.78, 5) is 28.6. The third-order valence-electron chi connectivity index (χ3n) is 6.13. The van der Waals surface area contributed by atoms with Gasteiger partial charge in [0.2, 0.25) is 21.8 Å². The van der Waals surface area contributed by atoms with Crippen molar-refractivity contribution in [3.63, 3.8) is 0 Å². The molecule has 8 heteroatoms. The number of hydrogen-bond acceptors (Lipinski definition) is 4. The minimum absolute atomic E-state index is 0.0704. The van der Waals surface area contributed by atoms with Crippen LogP contribution in [0.1, 0.15) is 39.7 Å². The second-order valence-corrected chi connectivity index (χ2v) is 11.2. The maximum atomic E-state index is 13.1. The first-order chi connectivity index (χ1) is 13.4. The minimum Gasteiger partial charge on any atom is -0.341 e. The van der Waals surface area contributed by atoms with Gasteiger partial charge in [-0.05, 0) is 55.9 Å². The van der Waals surface area contributed by atoms with E-state index in [0.717, 1.165) is 10.7 Å². The molecule has 2 amide bonds. The smallest absolute Gasteiger partial charge is 0.243 e. The van der Waals surface area contributed by atoms with Crippen molar-refractivity contribution in [3.05, 3.63) is 23.8 Å². The lowest BCUT2D eigenvalue weighted by Gasteiger charge is -2.35. The molecule has 0 N–H and O–H groups in total. The number of anilines is 1. The number of carbonyl (C=O) groups is 2. The molecule has 0 spiro atoms. The molecule has 2 aliphatic rings. The van der Waals surface area contributed by atoms with E-state index < -0.39 is 15.4 Å². The van der Waals surface area contributed by atoms with Crippen molar-refractivity contribution in [2.75, 3.05) is 38.6 Å². The van der Waals surface area contributed by atoms with Crippen LogP contribution in [-0.4, -0.2) is 63.2 Å². The number of piperidine rings is 1. The molecule has 2 aliphatic heterocycles. The molecule has 0 saturated carbocycles. The van der Waals surface area contributed by atoms with Crippen molar-refractivity contribution in [2.24, 2.45) is 11.8 Å². The summed E-state index contributed by atoms with van der Waals surface area (Å²) in [6, 6.07) is 4.74. The second kappa shape index (κ2) is 7.40. The van der Waals surface area contributed by atoms with Crippen molar-refractivity contribution in [1.82, 2.24) is 9.21 Å². The van der Waals surface area contributed by atoms with Crippen molar-refractivity contribution >= 4 is 27.5 Å². The summed E-state index contributed by atoms with van der Waals surface area (Å²) in [6.07, 6.45) is 1.08. The van der Waals surface area contributed by atoms with Crippen molar-refractivity contribution in [3.8, 4) is 0 Å². The fourth-order valence-electron chi connectivity index (χ4n) is 4.53. The Labute approximate surface area is 173 Å². The highest BCUT2D eigenvalue weighted by Crippen LogP contribution is 2.41. The van der Waals surface area contributed by atoms with E-state index >= 15 is 0 Å². The molecule has 0 bridgehead atoms. The molecule has 2 atom stereocenters. The van der Waals surface area contributed by atoms with Crippen LogP contribution in [0.15, 0.2) is 23.1 Å². The van der Waals surface area contributed by atoms with Gasteiger partial charge in [-0.1, -0.05) is 13.8 Å². The zero-order valence-electron chi connectivity index (χ0n) is 18.1. The molecule has 2 heterocycles. The summed E-state index contributed by atoms with van der Waals surface area (Å²) in [5, 5.41) is 0. The Morgan fingerprint density at radius 1 is 1.21 bits per heavy atom. The Bertz CT molecular complexity index is 931. The van der Waals surface area contributed by atoms with Gasteiger partial charge in [-0.25, -0.2) is 8.42 Å². The van der Waals surface area contributed by atoms with Gasteiger partial charge in [0.05, 0.1) is 16.9 Å². The lowest BCUT2D eigenvalue weighted by molar-refractivity contribution is -0.133. The highest BCUT2D eigenvalue weighted by Gasteiger charge is 2.43. The number of carbonyl (C=O) groups excluding carboxylic acids is 2. The molecule has 1 aromatic carbocycles. The highest BCUT2D eigenvalue weighted by molar-refractivity contribution is 7.89. The van der Waals surface area contributed by atoms with E-state index in [4.69, 9.17) is 0 Å². The number of sulfonamides is 1. The fraction of sp³-hybridized carbons (Fsp3) is 0.619. The zero-order valence-corrected chi connectivity index (χ0v) is 18.9. The first kappa shape index (κ1) is 21.8. The monoisotopic (exact) mass is 421 g/mol. The van der Waals surface area contributed by atoms with E-state index in [2.05, 4.69) is 13.8 Å². The molecule has 0 unspecified atom stereocenters. The maximum Gasteiger partial charge on any atom is 0.243 e. The predicted octanol–water partition coefficient (Wildman–Crippen LogP) is 2.07. The summed E-state index contributed by atoms with van der Waals surface area (Å²) >= 11 is 0. The Hall–Kier alpha value is -1.93. The van der Waals surface area contributed by atoms with Crippen molar-refractivity contribution in [2.45, 2.75) is 44.4 Å². The van der Waals surface area contributed by atoms with Crippen LogP contribution >= 0.6 is 0 Å². The molecule has 0 aliphatic carbocycles. The number of amides is 2. The van der Waals surface area contributed by atoms with E-state index in [9.17, 15) is 18.0 Å². The summed E-state index contributed by atoms with van der Waals surface area (Å²) in [5.74, 6) is 0.584. The van der Waals surface area contributed by atoms with Crippen LogP contribution in [0.2, 0.25) is 0 Å². The van der Waals surface area contributed by atoms with Crippen LogP contribution in [0.4, 0.5) is 5.69 Å². The summed E-state index contributed by atoms with van der Waals surface area (Å²) < 4.78 is 27.3. The van der Waals surface area contributed by atoms with Crippen LogP contribution < -0.4 is 4.90 Å². The average molecular weight is 422 g/mol. The quantitative estimate of drug-likeness (QED) is 0.746. The molecule has 160 valence electrons. The summed E-state index contributed by atoms with van der Waals surface area (Å²) in [5.41, 5.74) is 0.614. The van der Waals surface area contributed by atoms with Gasteiger partial charge in [0.1, 0.15) is 0 Å². The number of benzene rings is 1. The van der Waals surface area contributed by atoms with Gasteiger partial charge in [0.25, 0.3) is 0 Å². The maximum absolute atomic E-state index is 13.1. The average Bonchev–Trinajstić information content (AvgIpc) is 2.81. The molecule has 7 nitrogen and oxygen atoms in total. The SMILES string of the molecule is C[C@@H]1C[C@H](C)CN(C(=O)CN(C)S(=O)(=O)c2ccc3c(c2)C(C)(C)C(=O)N3C)C1. The first-order valence-electron chi connectivity index (χ1n) is 10.0. The van der Waals surface area contributed by atoms with Crippen molar-refractivity contribution in [1.29, 1.82) is 0 Å². The minimum atomic E-state index is -3.85. The number of hydrogen-bond donors (Lipinski definition) is 0. The molecular weight excluding hydrogens is 390 g/mol. The molecule has 1 aromatic rings. The van der Waals surface area contributed by atoms with E-state index in [0.29, 0.717) is 36.2 Å². The molecule has 0 radical (unpaired) electrons. The van der Waals surface area contributed by atoms with E-state index in [-0.39, 0.29) is 23.3 Å². The van der Waals surface area contributed by atoms with Crippen molar-refractivity contribution < 1.29 is 18.0 Å². The first-order valence-corrected chi connectivity index (χ1v) is 11.5. The Morgan fingerprint density at radius 3 is 2.38 bits per heavy atom. The third kappa shape index (κ3) is 3.80. The lowest BCUT2D eigenvalue weighted by atomic mass is 9.86. The molecule has 1 saturated heterocycles. The lowest BCUT2D eigenvalue weighted by Crippen LogP contribution is -2.47. The standard InChI is InChI=1S/C21H31N3O4S/c1-14-9-15(2)12-24(11-14)19(25)13-22(5)29(27,28)16-7-8-18-17(10-16)21(3,4)20(26)23(18)6/h7-8,10,14-15H,9,11-13H2,1-6H3/t14-,15+. The normalized spacial score (nSPS) is 24.2. The number of likely N-dealkylation sites (N-methyl/N-ethyl adjacent to an activating group) is 2. The van der Waals surface area contributed by atoms with Gasteiger partial charge >= 0.3 is 0 Å². The third-order valence-corrected chi connectivity index (χ3v) is 7.93. The van der Waals surface area contributed by atoms with Crippen LogP contribution in [-0.2, 0) is 25.0 Å². The van der Waals surface area contributed by atoms with Gasteiger partial charge in [-0.15, -0.1) is 0 Å². The van der Waals surface area contributed by atoms with E-state index in [1.807, 2.05) is 0 Å². The highest BCUT2D eigenvalue weighted by atomic mass is 32.2. The summed E-state index contributed by atoms with van der Waals surface area (Å²) in [7, 11) is -0.730. The summed E-state index contributed by atoms with van der Waals surface area (Å²) in [6.45, 7) is 8.94. The van der Waals surface area contributed by atoms with Crippen LogP contribution in [0, 0.1) is 11.8 Å². The molecule has 3 rings (SSSR count). The Balaban J connectivity index is 1.82. The van der Waals surface area contributed by atoms with Gasteiger partial charge in [0, 0.05) is 32.9 Å². The van der Waals surface area contributed by atoms with Gasteiger partial charge < -0.3 is 9.80 Å². The number of fused-ring (bicyclic) bond motifs is 1. The zero-order chi connectivity index (χ0) is 21.7. The number of nitrogens with zero attached hydrogens (tertiary/aromatic N) is 3. The Kier molecular flexibility index (Phi) is 5.55. The Morgan fingerprint density at radius 2 is 1.79 bits per heavy atom. The van der Waals surface area contributed by atoms with Gasteiger partial charge in [-0.2, -0.15) is 4.31 Å². The molecule has 0 aromatic heterocycles. The topological polar surface area (TPSA) is 78.0 Å². The van der Waals surface area contributed by atoms with Gasteiger partial charge in [0.15, 0.2) is 0 Å². The van der Waals surface area contributed by atoms with E-state index in [1.54, 1.807) is 42.8 Å². The largest absolute Gasteiger partial charge is 0.341 e. The van der Waals surface area contributed by atoms with Gasteiger partial charge in [-0.3, -0.25) is 9.59 Å². The molecule has 1 fully saturated rings. The number of rotatable bonds is 4. The van der Waals surface area contributed by atoms with Crippen LogP contribution in [0.25, 0.3) is 0 Å². The fourth-order valence-corrected chi connectivity index (χ4v) is 5.68. The molecule has 29 heavy (non-hydrogen) atoms. The molecular formula is C21H31N3O4S. The second-order valence-electron chi connectivity index (χ2n) is 9.17.